The van der Waals surface area contributed by atoms with E-state index >= 15 is 0 Å². The first-order valence-electron chi connectivity index (χ1n) is 24.2. The van der Waals surface area contributed by atoms with Gasteiger partial charge < -0.3 is 11.5 Å². The Balaban J connectivity index is 1.56. The summed E-state index contributed by atoms with van der Waals surface area (Å²) in [6.45, 7) is 11.5. The van der Waals surface area contributed by atoms with Gasteiger partial charge in [-0.3, -0.25) is 0 Å². The van der Waals surface area contributed by atoms with Crippen LogP contribution in [0.2, 0.25) is 0 Å². The monoisotopic (exact) mass is 783 g/mol. The molecule has 0 saturated heterocycles. The van der Waals surface area contributed by atoms with Gasteiger partial charge in [0.2, 0.25) is 0 Å². The molecule has 2 nitrogen and oxygen atoms in total. The van der Waals surface area contributed by atoms with Crippen molar-refractivity contribution in [2.24, 2.45) is 5.92 Å². The van der Waals surface area contributed by atoms with Crippen LogP contribution in [-0.4, -0.2) is 0 Å². The Kier molecular flexibility index (Phi) is 18.8. The zero-order chi connectivity index (χ0) is 41.2. The van der Waals surface area contributed by atoms with Crippen LogP contribution in [-0.2, 0) is 5.41 Å². The van der Waals surface area contributed by atoms with Crippen LogP contribution < -0.4 is 11.5 Å². The van der Waals surface area contributed by atoms with Crippen LogP contribution in [0.1, 0.15) is 225 Å². The fraction of sp³-hybridized carbons (Fsp3) is 0.571. The maximum Gasteiger partial charge on any atom is 0.0316 e. The summed E-state index contributed by atoms with van der Waals surface area (Å²) >= 11 is 0. The Hall–Kier alpha value is -3.52. The molecule has 0 spiro atoms. The molecule has 2 heteroatoms. The van der Waals surface area contributed by atoms with E-state index in [1.54, 1.807) is 11.1 Å². The fourth-order valence-corrected chi connectivity index (χ4v) is 10.8. The Morgan fingerprint density at radius 1 is 0.483 bits per heavy atom. The summed E-state index contributed by atoms with van der Waals surface area (Å²) in [6.07, 6.45) is 30.1. The first kappa shape index (κ1) is 45.6. The molecule has 0 amide bonds. The van der Waals surface area contributed by atoms with Crippen molar-refractivity contribution in [2.45, 2.75) is 200 Å². The third kappa shape index (κ3) is 12.3. The molecule has 1 saturated carbocycles. The maximum absolute atomic E-state index is 6.28. The van der Waals surface area contributed by atoms with Gasteiger partial charge in [0.1, 0.15) is 0 Å². The van der Waals surface area contributed by atoms with Crippen molar-refractivity contribution in [3.05, 3.63) is 129 Å². The topological polar surface area (TPSA) is 52.0 Å². The molecule has 5 rings (SSSR count). The Morgan fingerprint density at radius 2 is 0.879 bits per heavy atom. The molecular weight excluding hydrogens is 701 g/mol. The zero-order valence-corrected chi connectivity index (χ0v) is 37.7. The van der Waals surface area contributed by atoms with Crippen molar-refractivity contribution in [3.63, 3.8) is 0 Å². The van der Waals surface area contributed by atoms with E-state index in [1.165, 1.54) is 181 Å². The zero-order valence-electron chi connectivity index (χ0n) is 37.7. The van der Waals surface area contributed by atoms with E-state index in [0.717, 1.165) is 11.4 Å². The van der Waals surface area contributed by atoms with Crippen molar-refractivity contribution < 1.29 is 0 Å². The number of hydrogen-bond acceptors (Lipinski definition) is 2. The molecule has 58 heavy (non-hydrogen) atoms. The first-order chi connectivity index (χ1) is 28.3. The Labute approximate surface area is 356 Å². The number of benzene rings is 4. The molecule has 1 aliphatic rings. The lowest BCUT2D eigenvalue weighted by molar-refractivity contribution is 0.220. The van der Waals surface area contributed by atoms with Gasteiger partial charge in [-0.25, -0.2) is 0 Å². The summed E-state index contributed by atoms with van der Waals surface area (Å²) in [5, 5.41) is 0. The third-order valence-electron chi connectivity index (χ3n) is 14.2. The molecule has 0 heterocycles. The van der Waals surface area contributed by atoms with Crippen molar-refractivity contribution in [3.8, 4) is 0 Å². The van der Waals surface area contributed by atoms with Gasteiger partial charge in [-0.15, -0.1) is 0 Å². The average molecular weight is 783 g/mol. The van der Waals surface area contributed by atoms with E-state index in [-0.39, 0.29) is 5.41 Å². The van der Waals surface area contributed by atoms with E-state index < -0.39 is 0 Å². The van der Waals surface area contributed by atoms with Crippen molar-refractivity contribution >= 4 is 11.4 Å². The van der Waals surface area contributed by atoms with Gasteiger partial charge in [-0.2, -0.15) is 0 Å². The molecule has 4 aromatic rings. The van der Waals surface area contributed by atoms with Crippen LogP contribution >= 0.6 is 0 Å². The number of rotatable bonds is 25. The highest BCUT2D eigenvalue weighted by Crippen LogP contribution is 2.50. The molecule has 4 aromatic carbocycles. The van der Waals surface area contributed by atoms with E-state index in [2.05, 4.69) is 120 Å². The highest BCUT2D eigenvalue weighted by molar-refractivity contribution is 5.51. The van der Waals surface area contributed by atoms with Crippen molar-refractivity contribution in [1.29, 1.82) is 0 Å². The Morgan fingerprint density at radius 3 is 1.29 bits per heavy atom. The van der Waals surface area contributed by atoms with Gasteiger partial charge in [0.15, 0.2) is 0 Å². The highest BCUT2D eigenvalue weighted by Gasteiger charge is 2.42. The standard InChI is InChI=1S/C56H82N2/c1-6-9-12-15-16-17-23-40-56(47-24-19-18-20-25-47,48-32-28-45(29-33-48)54(26-21-13-10-7-2)52-38-36-50(57)41-43(52)4)49-34-30-46(31-35-49)55(27-22-14-11-8-3)53-39-37-51(58)42-44(53)5/h28-39,41-42,47,54-55H,6-27,40,57-58H2,1-5H3. The number of nitrogens with two attached hydrogens (primary N) is 2. The summed E-state index contributed by atoms with van der Waals surface area (Å²) in [6, 6.07) is 33.6. The molecule has 0 bridgehead atoms. The number of nitrogen functional groups attached to an aromatic ring is 2. The minimum Gasteiger partial charge on any atom is -0.399 e. The molecule has 316 valence electrons. The largest absolute Gasteiger partial charge is 0.399 e. The predicted molar refractivity (Wildman–Crippen MR) is 255 cm³/mol. The van der Waals surface area contributed by atoms with Crippen LogP contribution in [0.15, 0.2) is 84.9 Å². The van der Waals surface area contributed by atoms with Crippen molar-refractivity contribution in [2.75, 3.05) is 11.5 Å². The molecule has 1 fully saturated rings. The van der Waals surface area contributed by atoms with Crippen molar-refractivity contribution in [1.82, 2.24) is 0 Å². The van der Waals surface area contributed by atoms with Crippen LogP contribution in [0, 0.1) is 19.8 Å². The second-order valence-corrected chi connectivity index (χ2v) is 18.5. The number of unbranched alkanes of at least 4 members (excludes halogenated alkanes) is 12. The molecule has 1 aliphatic carbocycles. The molecule has 0 aromatic heterocycles. The smallest absolute Gasteiger partial charge is 0.0316 e. The summed E-state index contributed by atoms with van der Waals surface area (Å²) in [4.78, 5) is 0. The third-order valence-corrected chi connectivity index (χ3v) is 14.2. The Bertz CT molecular complexity index is 1630. The second-order valence-electron chi connectivity index (χ2n) is 18.5. The highest BCUT2D eigenvalue weighted by atomic mass is 14.5. The van der Waals surface area contributed by atoms with Gasteiger partial charge >= 0.3 is 0 Å². The predicted octanol–water partition coefficient (Wildman–Crippen LogP) is 16.7. The molecule has 0 radical (unpaired) electrons. The van der Waals surface area contributed by atoms with E-state index in [4.69, 9.17) is 11.5 Å². The van der Waals surface area contributed by atoms with Gasteiger partial charge in [0.25, 0.3) is 0 Å². The fourth-order valence-electron chi connectivity index (χ4n) is 10.8. The molecular formula is C56H82N2. The van der Waals surface area contributed by atoms with E-state index in [0.29, 0.717) is 17.8 Å². The molecule has 2 atom stereocenters. The van der Waals surface area contributed by atoms with Gasteiger partial charge in [-0.1, -0.05) is 197 Å². The van der Waals surface area contributed by atoms with Gasteiger partial charge in [0.05, 0.1) is 0 Å². The van der Waals surface area contributed by atoms with Crippen LogP contribution in [0.5, 0.6) is 0 Å². The normalized spacial score (nSPS) is 15.6. The van der Waals surface area contributed by atoms with Crippen LogP contribution in [0.3, 0.4) is 0 Å². The summed E-state index contributed by atoms with van der Waals surface area (Å²) in [5.41, 5.74) is 25.8. The molecule has 4 N–H and O–H groups in total. The first-order valence-corrected chi connectivity index (χ1v) is 24.2. The number of aryl methyl sites for hydroxylation is 2. The summed E-state index contributed by atoms with van der Waals surface area (Å²) in [5.74, 6) is 1.44. The van der Waals surface area contributed by atoms with Crippen LogP contribution in [0.25, 0.3) is 0 Å². The summed E-state index contributed by atoms with van der Waals surface area (Å²) in [7, 11) is 0. The van der Waals surface area contributed by atoms with E-state index in [9.17, 15) is 0 Å². The quantitative estimate of drug-likeness (QED) is 0.0520. The minimum atomic E-state index is 0.0162. The van der Waals surface area contributed by atoms with Crippen LogP contribution in [0.4, 0.5) is 11.4 Å². The number of anilines is 2. The number of hydrogen-bond donors (Lipinski definition) is 2. The lowest BCUT2D eigenvalue weighted by Gasteiger charge is -2.45. The molecule has 2 unspecified atom stereocenters. The minimum absolute atomic E-state index is 0.0162. The lowest BCUT2D eigenvalue weighted by atomic mass is 9.59. The maximum atomic E-state index is 6.28. The van der Waals surface area contributed by atoms with E-state index in [1.807, 2.05) is 0 Å². The van der Waals surface area contributed by atoms with Gasteiger partial charge in [0, 0.05) is 28.6 Å². The average Bonchev–Trinajstić information content (AvgIpc) is 3.23. The summed E-state index contributed by atoms with van der Waals surface area (Å²) < 4.78 is 0. The molecule has 0 aliphatic heterocycles. The van der Waals surface area contributed by atoms with Gasteiger partial charge in [-0.05, 0) is 121 Å². The SMILES string of the molecule is CCCCCCCCCC(c1ccc(C(CCCCCC)c2ccc(N)cc2C)cc1)(c1ccc(C(CCCCCC)c2ccc(N)cc2C)cc1)C1CCCCC1. The second kappa shape index (κ2) is 23.9. The lowest BCUT2D eigenvalue weighted by Crippen LogP contribution is -2.38.